The number of nitrogens with one attached hydrogen (secondary N) is 1. The number of hydrogen-bond acceptors (Lipinski definition) is 5. The molecular formula is C14H11Cl2NO3S2. The minimum atomic E-state index is -0.327. The number of thiophene rings is 2. The van der Waals surface area contributed by atoms with E-state index < -0.39 is 0 Å². The molecule has 0 spiro atoms. The molecule has 3 rings (SSSR count). The number of halogens is 2. The van der Waals surface area contributed by atoms with Gasteiger partial charge < -0.3 is 9.72 Å². The fourth-order valence-electron chi connectivity index (χ4n) is 1.60. The molecule has 0 bridgehead atoms. The van der Waals surface area contributed by atoms with Gasteiger partial charge in [0, 0.05) is 0 Å². The van der Waals surface area contributed by atoms with Crippen molar-refractivity contribution in [1.82, 2.24) is 4.98 Å². The van der Waals surface area contributed by atoms with Crippen LogP contribution in [-0.4, -0.2) is 23.8 Å². The second kappa shape index (κ2) is 7.78. The summed E-state index contributed by atoms with van der Waals surface area (Å²) in [5.74, 6) is -0.327. The lowest BCUT2D eigenvalue weighted by Crippen LogP contribution is -2.04. The molecule has 22 heavy (non-hydrogen) atoms. The topological polar surface area (TPSA) is 59.2 Å². The molecule has 4 nitrogen and oxygen atoms in total. The van der Waals surface area contributed by atoms with Gasteiger partial charge in [0.2, 0.25) is 0 Å². The molecule has 0 unspecified atom stereocenters. The summed E-state index contributed by atoms with van der Waals surface area (Å²) in [6.45, 7) is 2.16. The zero-order chi connectivity index (χ0) is 16.1. The Morgan fingerprint density at radius 2 is 2.05 bits per heavy atom. The van der Waals surface area contributed by atoms with Gasteiger partial charge in [0.25, 0.3) is 0 Å². The summed E-state index contributed by atoms with van der Waals surface area (Å²) in [7, 11) is 0. The number of aromatic amines is 1. The van der Waals surface area contributed by atoms with Gasteiger partial charge in [0.15, 0.2) is 6.29 Å². The van der Waals surface area contributed by atoms with Crippen LogP contribution < -0.4 is 0 Å². The van der Waals surface area contributed by atoms with Crippen LogP contribution in [0, 0.1) is 0 Å². The predicted molar refractivity (Wildman–Crippen MR) is 91.9 cm³/mol. The molecule has 0 fully saturated rings. The van der Waals surface area contributed by atoms with Crippen molar-refractivity contribution in [2.24, 2.45) is 0 Å². The van der Waals surface area contributed by atoms with Crippen LogP contribution >= 0.6 is 45.9 Å². The molecule has 0 aliphatic rings. The molecule has 0 aliphatic carbocycles. The number of fused-ring (bicyclic) bond motifs is 1. The first-order valence-electron chi connectivity index (χ1n) is 6.19. The normalized spacial score (nSPS) is 10.1. The molecule has 8 heteroatoms. The first-order valence-corrected chi connectivity index (χ1v) is 8.58. The van der Waals surface area contributed by atoms with Crippen LogP contribution in [0.4, 0.5) is 0 Å². The van der Waals surface area contributed by atoms with E-state index in [4.69, 9.17) is 27.9 Å². The summed E-state index contributed by atoms with van der Waals surface area (Å²) in [6.07, 6.45) is 0.788. The highest BCUT2D eigenvalue weighted by Gasteiger charge is 2.11. The highest BCUT2D eigenvalue weighted by Crippen LogP contribution is 2.29. The summed E-state index contributed by atoms with van der Waals surface area (Å²) in [4.78, 5) is 24.9. The number of H-pyrrole nitrogens is 1. The predicted octanol–water partition coefficient (Wildman–Crippen LogP) is 5.27. The molecule has 0 aromatic carbocycles. The molecule has 3 aromatic heterocycles. The molecule has 0 radical (unpaired) electrons. The first kappa shape index (κ1) is 17.0. The number of ether oxygens (including phenoxy) is 1. The van der Waals surface area contributed by atoms with Crippen molar-refractivity contribution in [3.8, 4) is 0 Å². The van der Waals surface area contributed by atoms with Gasteiger partial charge in [-0.2, -0.15) is 0 Å². The molecule has 3 aromatic rings. The van der Waals surface area contributed by atoms with Crippen LogP contribution in [-0.2, 0) is 4.74 Å². The number of carbonyl (C=O) groups is 2. The zero-order valence-electron chi connectivity index (χ0n) is 11.4. The van der Waals surface area contributed by atoms with Gasteiger partial charge in [0.1, 0.15) is 5.69 Å². The van der Waals surface area contributed by atoms with Crippen LogP contribution in [0.5, 0.6) is 0 Å². The Hall–Kier alpha value is -1.34. The smallest absolute Gasteiger partial charge is 0.354 e. The molecule has 0 atom stereocenters. The van der Waals surface area contributed by atoms with Crippen molar-refractivity contribution in [3.63, 3.8) is 0 Å². The van der Waals surface area contributed by atoms with Gasteiger partial charge in [-0.15, -0.1) is 22.7 Å². The van der Waals surface area contributed by atoms with Crippen molar-refractivity contribution in [2.75, 3.05) is 6.61 Å². The van der Waals surface area contributed by atoms with Crippen LogP contribution in [0.2, 0.25) is 8.67 Å². The fraction of sp³-hybridized carbons (Fsp3) is 0.143. The molecule has 116 valence electrons. The van der Waals surface area contributed by atoms with E-state index in [1.165, 1.54) is 22.7 Å². The molecule has 3 heterocycles. The monoisotopic (exact) mass is 375 g/mol. The van der Waals surface area contributed by atoms with Crippen LogP contribution in [0.25, 0.3) is 10.2 Å². The Balaban J connectivity index is 0.000000188. The van der Waals surface area contributed by atoms with E-state index in [0.29, 0.717) is 25.9 Å². The second-order valence-corrected chi connectivity index (χ2v) is 7.45. The van der Waals surface area contributed by atoms with Crippen molar-refractivity contribution >= 4 is 68.3 Å². The molecule has 0 saturated carbocycles. The van der Waals surface area contributed by atoms with E-state index in [-0.39, 0.29) is 5.97 Å². The lowest BCUT2D eigenvalue weighted by molar-refractivity contribution is 0.0520. The Labute approximate surface area is 144 Å². The number of carbonyl (C=O) groups excluding carboxylic acids is 2. The average Bonchev–Trinajstić information content (AvgIpc) is 3.14. The molecule has 0 saturated heterocycles. The van der Waals surface area contributed by atoms with E-state index >= 15 is 0 Å². The summed E-state index contributed by atoms with van der Waals surface area (Å²) < 4.78 is 7.20. The summed E-state index contributed by atoms with van der Waals surface area (Å²) in [5.41, 5.74) is 1.35. The lowest BCUT2D eigenvalue weighted by Gasteiger charge is -1.96. The van der Waals surface area contributed by atoms with Gasteiger partial charge in [-0.1, -0.05) is 23.2 Å². The maximum atomic E-state index is 11.3. The zero-order valence-corrected chi connectivity index (χ0v) is 14.5. The van der Waals surface area contributed by atoms with Crippen molar-refractivity contribution < 1.29 is 14.3 Å². The van der Waals surface area contributed by atoms with Gasteiger partial charge in [-0.3, -0.25) is 4.79 Å². The Kier molecular flexibility index (Phi) is 6.02. The lowest BCUT2D eigenvalue weighted by atomic mass is 10.4. The third kappa shape index (κ3) is 4.33. The molecule has 1 N–H and O–H groups in total. The minimum absolute atomic E-state index is 0.327. The van der Waals surface area contributed by atoms with Gasteiger partial charge in [0.05, 0.1) is 30.4 Å². The Morgan fingerprint density at radius 1 is 1.27 bits per heavy atom. The number of esters is 1. The van der Waals surface area contributed by atoms with Crippen molar-refractivity contribution in [1.29, 1.82) is 0 Å². The van der Waals surface area contributed by atoms with Gasteiger partial charge >= 0.3 is 5.97 Å². The van der Waals surface area contributed by atoms with Crippen LogP contribution in [0.3, 0.4) is 0 Å². The standard InChI is InChI=1S/C9H8ClNO2S.C5H3ClOS/c1-2-13-9(12)6-3-7-5(11-6)4-8(10)14-7;6-5-2-1-4(3-7)8-5/h3-4,11H,2H2,1H3;1-3H. The number of rotatable bonds is 3. The summed E-state index contributed by atoms with van der Waals surface area (Å²) in [6, 6.07) is 6.95. The molecule has 0 aliphatic heterocycles. The van der Waals surface area contributed by atoms with E-state index in [1.54, 1.807) is 31.2 Å². The maximum Gasteiger partial charge on any atom is 0.354 e. The molecule has 0 amide bonds. The van der Waals surface area contributed by atoms with Crippen molar-refractivity contribution in [2.45, 2.75) is 6.92 Å². The van der Waals surface area contributed by atoms with Crippen LogP contribution in [0.1, 0.15) is 27.1 Å². The van der Waals surface area contributed by atoms with Gasteiger partial charge in [-0.05, 0) is 31.2 Å². The highest BCUT2D eigenvalue weighted by molar-refractivity contribution is 7.22. The summed E-state index contributed by atoms with van der Waals surface area (Å²) in [5, 5.41) is 0. The van der Waals surface area contributed by atoms with Crippen LogP contribution in [0.15, 0.2) is 24.3 Å². The third-order valence-corrected chi connectivity index (χ3v) is 4.85. The van der Waals surface area contributed by atoms with E-state index in [1.807, 2.05) is 0 Å². The van der Waals surface area contributed by atoms with Crippen molar-refractivity contribution in [3.05, 3.63) is 43.5 Å². The number of aromatic nitrogens is 1. The minimum Gasteiger partial charge on any atom is -0.461 e. The number of aldehydes is 1. The average molecular weight is 376 g/mol. The highest BCUT2D eigenvalue weighted by atomic mass is 35.5. The quantitative estimate of drug-likeness (QED) is 0.500. The Morgan fingerprint density at radius 3 is 2.55 bits per heavy atom. The summed E-state index contributed by atoms with van der Waals surface area (Å²) >= 11 is 14.0. The second-order valence-electron chi connectivity index (χ2n) is 3.99. The SMILES string of the molecule is CCOC(=O)c1cc2sc(Cl)cc2[nH]1.O=Cc1ccc(Cl)s1. The third-order valence-electron chi connectivity index (χ3n) is 2.48. The van der Waals surface area contributed by atoms with Gasteiger partial charge in [-0.25, -0.2) is 4.79 Å². The number of hydrogen-bond donors (Lipinski definition) is 1. The van der Waals surface area contributed by atoms with E-state index in [0.717, 1.165) is 16.5 Å². The van der Waals surface area contributed by atoms with E-state index in [2.05, 4.69) is 4.98 Å². The maximum absolute atomic E-state index is 11.3. The van der Waals surface area contributed by atoms with E-state index in [9.17, 15) is 9.59 Å². The Bertz CT molecular complexity index is 760. The first-order chi connectivity index (χ1) is 10.5. The largest absolute Gasteiger partial charge is 0.461 e. The molecular weight excluding hydrogens is 365 g/mol. The fourth-order valence-corrected chi connectivity index (χ4v) is 3.62.